The van der Waals surface area contributed by atoms with Crippen LogP contribution in [0.2, 0.25) is 0 Å². The second kappa shape index (κ2) is 7.39. The van der Waals surface area contributed by atoms with E-state index in [1.165, 1.54) is 0 Å². The summed E-state index contributed by atoms with van der Waals surface area (Å²) in [5.74, 6) is 1.49. The van der Waals surface area contributed by atoms with E-state index in [0.717, 1.165) is 20.8 Å². The zero-order valence-electron chi connectivity index (χ0n) is 16.6. The third-order valence-electron chi connectivity index (χ3n) is 5.38. The van der Waals surface area contributed by atoms with Crippen LogP contribution >= 0.6 is 15.9 Å². The Hall–Kier alpha value is -3.84. The van der Waals surface area contributed by atoms with Gasteiger partial charge < -0.3 is 19.2 Å². The molecule has 1 N–H and O–H groups in total. The van der Waals surface area contributed by atoms with Crippen molar-refractivity contribution in [3.8, 4) is 23.0 Å². The number of benzene rings is 4. The van der Waals surface area contributed by atoms with Gasteiger partial charge in [-0.2, -0.15) is 0 Å². The molecule has 0 spiro atoms. The molecule has 1 aliphatic rings. The van der Waals surface area contributed by atoms with Gasteiger partial charge in [0.25, 0.3) is 5.91 Å². The van der Waals surface area contributed by atoms with Gasteiger partial charge in [-0.25, -0.2) is 4.98 Å². The smallest absolute Gasteiger partial charge is 0.255 e. The molecule has 0 aliphatic carbocycles. The quantitative estimate of drug-likeness (QED) is 0.319. The summed E-state index contributed by atoms with van der Waals surface area (Å²) in [6.07, 6.45) is 0. The molecular weight excluding hydrogens is 472 g/mol. The Morgan fingerprint density at radius 3 is 2.69 bits per heavy atom. The van der Waals surface area contributed by atoms with E-state index < -0.39 is 0 Å². The summed E-state index contributed by atoms with van der Waals surface area (Å²) >= 11 is 3.60. The molecule has 0 bridgehead atoms. The van der Waals surface area contributed by atoms with Gasteiger partial charge in [-0.3, -0.25) is 4.79 Å². The molecule has 1 aliphatic heterocycles. The number of nitrogens with one attached hydrogen (secondary N) is 1. The minimum atomic E-state index is -0.245. The summed E-state index contributed by atoms with van der Waals surface area (Å²) in [7, 11) is 0. The summed E-state index contributed by atoms with van der Waals surface area (Å²) in [6, 6.07) is 22.6. The number of hydrogen-bond acceptors (Lipinski definition) is 5. The summed E-state index contributed by atoms with van der Waals surface area (Å²) < 4.78 is 17.7. The number of anilines is 1. The van der Waals surface area contributed by atoms with Crippen LogP contribution in [0.25, 0.3) is 33.3 Å². The summed E-state index contributed by atoms with van der Waals surface area (Å²) in [6.45, 7) is 0.166. The number of rotatable bonds is 3. The maximum atomic E-state index is 12.7. The van der Waals surface area contributed by atoms with Crippen LogP contribution in [-0.2, 0) is 0 Å². The maximum Gasteiger partial charge on any atom is 0.255 e. The van der Waals surface area contributed by atoms with Gasteiger partial charge in [0, 0.05) is 21.3 Å². The second-order valence-corrected chi connectivity index (χ2v) is 8.22. The lowest BCUT2D eigenvalue weighted by molar-refractivity contribution is 0.102. The molecule has 0 fully saturated rings. The number of aromatic nitrogens is 1. The number of amides is 1. The largest absolute Gasteiger partial charge is 0.454 e. The van der Waals surface area contributed by atoms with Crippen LogP contribution in [-0.4, -0.2) is 17.7 Å². The first-order valence-electron chi connectivity index (χ1n) is 9.95. The fourth-order valence-corrected chi connectivity index (χ4v) is 4.32. The molecule has 6 nitrogen and oxygen atoms in total. The number of carbonyl (C=O) groups excluding carboxylic acids is 1. The third kappa shape index (κ3) is 3.18. The Bertz CT molecular complexity index is 1530. The van der Waals surface area contributed by atoms with Gasteiger partial charge in [-0.05, 0) is 59.3 Å². The van der Waals surface area contributed by atoms with Crippen molar-refractivity contribution >= 4 is 49.4 Å². The van der Waals surface area contributed by atoms with E-state index in [-0.39, 0.29) is 12.7 Å². The Labute approximate surface area is 190 Å². The van der Waals surface area contributed by atoms with Crippen LogP contribution in [0.5, 0.6) is 11.5 Å². The van der Waals surface area contributed by atoms with E-state index in [0.29, 0.717) is 39.7 Å². The average Bonchev–Trinajstić information content (AvgIpc) is 3.45. The van der Waals surface area contributed by atoms with Crippen LogP contribution in [0.15, 0.2) is 81.7 Å². The van der Waals surface area contributed by atoms with E-state index in [4.69, 9.17) is 13.9 Å². The van der Waals surface area contributed by atoms with Crippen LogP contribution in [0.3, 0.4) is 0 Å². The molecule has 0 saturated heterocycles. The molecule has 4 aromatic carbocycles. The molecule has 156 valence electrons. The van der Waals surface area contributed by atoms with Crippen molar-refractivity contribution in [2.75, 3.05) is 12.1 Å². The SMILES string of the molecule is O=C(Nc1ccc2oc(-c3cccc4c(Br)cccc34)nc2c1)c1ccc2c(c1)OCO2. The molecule has 6 rings (SSSR count). The average molecular weight is 487 g/mol. The predicted molar refractivity (Wildman–Crippen MR) is 125 cm³/mol. The van der Waals surface area contributed by atoms with Crippen molar-refractivity contribution in [2.45, 2.75) is 0 Å². The second-order valence-electron chi connectivity index (χ2n) is 7.36. The van der Waals surface area contributed by atoms with Gasteiger partial charge in [0.2, 0.25) is 12.7 Å². The molecule has 5 aromatic rings. The fraction of sp³-hybridized carbons (Fsp3) is 0.0400. The molecule has 32 heavy (non-hydrogen) atoms. The minimum absolute atomic E-state index is 0.166. The molecule has 7 heteroatoms. The molecule has 2 heterocycles. The minimum Gasteiger partial charge on any atom is -0.454 e. The Balaban J connectivity index is 1.32. The number of nitrogens with zero attached hydrogens (tertiary/aromatic N) is 1. The van der Waals surface area contributed by atoms with Crippen molar-refractivity contribution in [3.05, 3.63) is 82.8 Å². The summed E-state index contributed by atoms with van der Waals surface area (Å²) in [4.78, 5) is 17.4. The fourth-order valence-electron chi connectivity index (χ4n) is 3.82. The highest BCUT2D eigenvalue weighted by atomic mass is 79.9. The van der Waals surface area contributed by atoms with Gasteiger partial charge in [0.05, 0.1) is 0 Å². The van der Waals surface area contributed by atoms with Crippen molar-refractivity contribution < 1.29 is 18.7 Å². The van der Waals surface area contributed by atoms with Gasteiger partial charge in [0.15, 0.2) is 17.1 Å². The molecule has 0 radical (unpaired) electrons. The molecular formula is C25H15BrN2O4. The molecule has 0 atom stereocenters. The number of halogens is 1. The van der Waals surface area contributed by atoms with Gasteiger partial charge >= 0.3 is 0 Å². The number of hydrogen-bond donors (Lipinski definition) is 1. The van der Waals surface area contributed by atoms with Gasteiger partial charge in [0.1, 0.15) is 5.52 Å². The van der Waals surface area contributed by atoms with E-state index in [2.05, 4.69) is 32.3 Å². The van der Waals surface area contributed by atoms with Crippen molar-refractivity contribution in [1.29, 1.82) is 0 Å². The number of ether oxygens (including phenoxy) is 2. The lowest BCUT2D eigenvalue weighted by atomic mass is 10.0. The van der Waals surface area contributed by atoms with Crippen molar-refractivity contribution in [3.63, 3.8) is 0 Å². The van der Waals surface area contributed by atoms with Crippen molar-refractivity contribution in [2.24, 2.45) is 0 Å². The first-order chi connectivity index (χ1) is 15.7. The van der Waals surface area contributed by atoms with Crippen LogP contribution in [0.4, 0.5) is 5.69 Å². The highest BCUT2D eigenvalue weighted by molar-refractivity contribution is 9.10. The maximum absolute atomic E-state index is 12.7. The first-order valence-corrected chi connectivity index (χ1v) is 10.7. The standard InChI is InChI=1S/C25H15BrN2O4/c26-19-6-2-3-16-17(19)4-1-5-18(16)25-28-20-12-15(8-10-21(20)32-25)27-24(29)14-7-9-22-23(11-14)31-13-30-22/h1-12H,13H2,(H,27,29). The molecule has 0 unspecified atom stereocenters. The van der Waals surface area contributed by atoms with Crippen LogP contribution < -0.4 is 14.8 Å². The lowest BCUT2D eigenvalue weighted by Crippen LogP contribution is -2.11. The lowest BCUT2D eigenvalue weighted by Gasteiger charge is -2.05. The van der Waals surface area contributed by atoms with E-state index in [1.807, 2.05) is 36.4 Å². The van der Waals surface area contributed by atoms with Crippen molar-refractivity contribution in [1.82, 2.24) is 4.98 Å². The normalized spacial score (nSPS) is 12.4. The topological polar surface area (TPSA) is 73.6 Å². The van der Waals surface area contributed by atoms with Crippen LogP contribution in [0, 0.1) is 0 Å². The first kappa shape index (κ1) is 18.9. The number of fused-ring (bicyclic) bond motifs is 3. The zero-order valence-corrected chi connectivity index (χ0v) is 18.2. The molecule has 0 saturated carbocycles. The monoisotopic (exact) mass is 486 g/mol. The van der Waals surface area contributed by atoms with Gasteiger partial charge in [-0.1, -0.05) is 40.2 Å². The number of oxazole rings is 1. The van der Waals surface area contributed by atoms with E-state index in [1.54, 1.807) is 30.3 Å². The highest BCUT2D eigenvalue weighted by Crippen LogP contribution is 2.35. The zero-order chi connectivity index (χ0) is 21.7. The summed E-state index contributed by atoms with van der Waals surface area (Å²) in [5, 5.41) is 5.04. The third-order valence-corrected chi connectivity index (χ3v) is 6.07. The Kier molecular flexibility index (Phi) is 4.36. The van der Waals surface area contributed by atoms with Gasteiger partial charge in [-0.15, -0.1) is 0 Å². The molecule has 1 amide bonds. The van der Waals surface area contributed by atoms with E-state index in [9.17, 15) is 4.79 Å². The van der Waals surface area contributed by atoms with E-state index >= 15 is 0 Å². The number of carbonyl (C=O) groups is 1. The van der Waals surface area contributed by atoms with Crippen LogP contribution in [0.1, 0.15) is 10.4 Å². The Morgan fingerprint density at radius 1 is 0.906 bits per heavy atom. The molecule has 1 aromatic heterocycles. The Morgan fingerprint density at radius 2 is 1.75 bits per heavy atom. The highest BCUT2D eigenvalue weighted by Gasteiger charge is 2.17. The summed E-state index contributed by atoms with van der Waals surface area (Å²) in [5.41, 5.74) is 3.33. The predicted octanol–water partition coefficient (Wildman–Crippen LogP) is 6.39.